The van der Waals surface area contributed by atoms with Gasteiger partial charge in [-0.2, -0.15) is 0 Å². The summed E-state index contributed by atoms with van der Waals surface area (Å²) in [7, 11) is 0. The van der Waals surface area contributed by atoms with Crippen molar-refractivity contribution in [2.45, 2.75) is 252 Å². The SMILES string of the molecule is CCCCCCCCC(CCCCCC)OC(=O)CCCCCCN(CCCCCCOC(=O)OC(CCCCCC)CCCCCCCC)CCOCCOCCO. The molecule has 0 aromatic rings. The minimum Gasteiger partial charge on any atom is -0.462 e. The molecule has 9 heteroatoms. The van der Waals surface area contributed by atoms with Gasteiger partial charge in [0.2, 0.25) is 0 Å². The number of aliphatic hydroxyl groups excluding tert-OH is 1. The van der Waals surface area contributed by atoms with Crippen molar-refractivity contribution >= 4 is 12.1 Å². The van der Waals surface area contributed by atoms with Gasteiger partial charge in [-0.05, 0) is 90.1 Å². The molecule has 2 unspecified atom stereocenters. The molecule has 352 valence electrons. The van der Waals surface area contributed by atoms with E-state index in [1.807, 2.05) is 0 Å². The lowest BCUT2D eigenvalue weighted by molar-refractivity contribution is -0.150. The Morgan fingerprint density at radius 1 is 0.424 bits per heavy atom. The Bertz CT molecular complexity index is 861. The normalized spacial score (nSPS) is 12.6. The number of carbonyl (C=O) groups excluding carboxylic acids is 2. The molecule has 0 aliphatic heterocycles. The van der Waals surface area contributed by atoms with E-state index in [1.165, 1.54) is 109 Å². The van der Waals surface area contributed by atoms with E-state index in [9.17, 15) is 9.59 Å². The van der Waals surface area contributed by atoms with Crippen LogP contribution in [0, 0.1) is 0 Å². The molecule has 0 saturated heterocycles. The summed E-state index contributed by atoms with van der Waals surface area (Å²) < 4.78 is 28.5. The van der Waals surface area contributed by atoms with Gasteiger partial charge in [-0.1, -0.05) is 156 Å². The summed E-state index contributed by atoms with van der Waals surface area (Å²) in [4.78, 5) is 27.8. The quantitative estimate of drug-likeness (QED) is 0.0474. The van der Waals surface area contributed by atoms with Crippen LogP contribution in [-0.2, 0) is 28.5 Å². The maximum atomic E-state index is 12.8. The van der Waals surface area contributed by atoms with E-state index in [4.69, 9.17) is 28.8 Å². The summed E-state index contributed by atoms with van der Waals surface area (Å²) in [6.07, 6.45) is 36.9. The Morgan fingerprint density at radius 2 is 0.831 bits per heavy atom. The average Bonchev–Trinajstić information content (AvgIpc) is 3.23. The topological polar surface area (TPSA) is 104 Å². The van der Waals surface area contributed by atoms with E-state index in [0.29, 0.717) is 39.5 Å². The number of esters is 1. The zero-order valence-electron chi connectivity index (χ0n) is 39.6. The van der Waals surface area contributed by atoms with Gasteiger partial charge in [-0.15, -0.1) is 0 Å². The molecule has 0 radical (unpaired) electrons. The lowest BCUT2D eigenvalue weighted by atomic mass is 10.0. The highest BCUT2D eigenvalue weighted by Gasteiger charge is 2.16. The third kappa shape index (κ3) is 43.0. The number of ether oxygens (including phenoxy) is 5. The van der Waals surface area contributed by atoms with Crippen molar-refractivity contribution in [2.24, 2.45) is 0 Å². The van der Waals surface area contributed by atoms with Crippen molar-refractivity contribution in [2.75, 3.05) is 59.3 Å². The largest absolute Gasteiger partial charge is 0.508 e. The van der Waals surface area contributed by atoms with Crippen molar-refractivity contribution in [3.63, 3.8) is 0 Å². The molecule has 0 aliphatic carbocycles. The lowest BCUT2D eigenvalue weighted by Gasteiger charge is -2.22. The fourth-order valence-electron chi connectivity index (χ4n) is 7.66. The second-order valence-corrected chi connectivity index (χ2v) is 17.1. The molecule has 9 nitrogen and oxygen atoms in total. The predicted molar refractivity (Wildman–Crippen MR) is 246 cm³/mol. The molecule has 0 aromatic heterocycles. The third-order valence-electron chi connectivity index (χ3n) is 11.4. The Morgan fingerprint density at radius 3 is 1.34 bits per heavy atom. The summed E-state index contributed by atoms with van der Waals surface area (Å²) in [5.41, 5.74) is 0. The molecule has 2 atom stereocenters. The van der Waals surface area contributed by atoms with Crippen LogP contribution in [0.15, 0.2) is 0 Å². The van der Waals surface area contributed by atoms with Crippen LogP contribution in [0.1, 0.15) is 240 Å². The molecule has 0 aromatic carbocycles. The average molecular weight is 842 g/mol. The van der Waals surface area contributed by atoms with E-state index in [0.717, 1.165) is 116 Å². The first-order valence-electron chi connectivity index (χ1n) is 25.5. The number of carbonyl (C=O) groups is 2. The fraction of sp³-hybridized carbons (Fsp3) is 0.960. The molecular formula is C50H99NO8. The first-order chi connectivity index (χ1) is 29.0. The van der Waals surface area contributed by atoms with E-state index in [-0.39, 0.29) is 24.8 Å². The highest BCUT2D eigenvalue weighted by Crippen LogP contribution is 2.19. The van der Waals surface area contributed by atoms with Gasteiger partial charge in [0, 0.05) is 13.0 Å². The van der Waals surface area contributed by atoms with E-state index < -0.39 is 6.16 Å². The molecule has 0 heterocycles. The standard InChI is InChI=1S/C50H99NO8/c1-5-9-13-17-19-27-34-47(33-25-15-11-7-3)58-49(53)37-29-21-22-30-38-51(40-43-55-45-46-56-44-41-52)39-31-23-24-32-42-57-50(54)59-48(35-26-16-12-8-4)36-28-20-18-14-10-6-2/h47-48,52H,5-46H2,1-4H3. The fourth-order valence-corrected chi connectivity index (χ4v) is 7.66. The smallest absolute Gasteiger partial charge is 0.462 e. The number of nitrogens with zero attached hydrogens (tertiary/aromatic N) is 1. The number of hydrogen-bond acceptors (Lipinski definition) is 9. The van der Waals surface area contributed by atoms with Gasteiger partial charge in [-0.25, -0.2) is 4.79 Å². The third-order valence-corrected chi connectivity index (χ3v) is 11.4. The van der Waals surface area contributed by atoms with Gasteiger partial charge >= 0.3 is 12.1 Å². The monoisotopic (exact) mass is 842 g/mol. The second kappa shape index (κ2) is 47.6. The first kappa shape index (κ1) is 57.6. The van der Waals surface area contributed by atoms with Crippen LogP contribution in [0.3, 0.4) is 0 Å². The van der Waals surface area contributed by atoms with E-state index in [2.05, 4.69) is 32.6 Å². The van der Waals surface area contributed by atoms with Crippen molar-refractivity contribution in [1.82, 2.24) is 4.90 Å². The molecule has 0 amide bonds. The van der Waals surface area contributed by atoms with Crippen LogP contribution in [0.2, 0.25) is 0 Å². The zero-order valence-corrected chi connectivity index (χ0v) is 39.6. The van der Waals surface area contributed by atoms with Crippen molar-refractivity contribution in [3.05, 3.63) is 0 Å². The van der Waals surface area contributed by atoms with Gasteiger partial charge in [0.15, 0.2) is 0 Å². The minimum absolute atomic E-state index is 0.00833. The van der Waals surface area contributed by atoms with Crippen LogP contribution in [0.4, 0.5) is 4.79 Å². The van der Waals surface area contributed by atoms with Crippen LogP contribution < -0.4 is 0 Å². The van der Waals surface area contributed by atoms with Crippen molar-refractivity contribution in [3.8, 4) is 0 Å². The summed E-state index contributed by atoms with van der Waals surface area (Å²) in [6, 6.07) is 0. The number of unbranched alkanes of at least 4 members (excludes halogenated alkanes) is 22. The molecular weight excluding hydrogens is 743 g/mol. The van der Waals surface area contributed by atoms with Crippen molar-refractivity contribution < 1.29 is 38.4 Å². The van der Waals surface area contributed by atoms with Gasteiger partial charge in [0.1, 0.15) is 12.2 Å². The highest BCUT2D eigenvalue weighted by atomic mass is 16.7. The van der Waals surface area contributed by atoms with Crippen LogP contribution in [-0.4, -0.2) is 93.6 Å². The number of rotatable bonds is 48. The Balaban J connectivity index is 4.54. The first-order valence-corrected chi connectivity index (χ1v) is 25.5. The van der Waals surface area contributed by atoms with E-state index in [1.54, 1.807) is 0 Å². The summed E-state index contributed by atoms with van der Waals surface area (Å²) in [5, 5.41) is 8.91. The Labute approximate surface area is 365 Å². The van der Waals surface area contributed by atoms with Gasteiger partial charge in [-0.3, -0.25) is 4.79 Å². The molecule has 0 saturated carbocycles. The van der Waals surface area contributed by atoms with Crippen molar-refractivity contribution in [1.29, 1.82) is 0 Å². The number of aliphatic hydroxyl groups is 1. The molecule has 1 N–H and O–H groups in total. The molecule has 0 spiro atoms. The summed E-state index contributed by atoms with van der Waals surface area (Å²) in [6.45, 7) is 14.3. The number of hydrogen-bond donors (Lipinski definition) is 1. The molecule has 0 rings (SSSR count). The maximum Gasteiger partial charge on any atom is 0.508 e. The molecule has 0 bridgehead atoms. The van der Waals surface area contributed by atoms with Gasteiger partial charge < -0.3 is 33.7 Å². The minimum atomic E-state index is -0.494. The predicted octanol–water partition coefficient (Wildman–Crippen LogP) is 13.7. The lowest BCUT2D eigenvalue weighted by Crippen LogP contribution is -2.30. The van der Waals surface area contributed by atoms with Gasteiger partial charge in [0.25, 0.3) is 0 Å². The Hall–Kier alpha value is -1.42. The summed E-state index contributed by atoms with van der Waals surface area (Å²) in [5.74, 6) is -0.00833. The highest BCUT2D eigenvalue weighted by molar-refractivity contribution is 5.69. The zero-order chi connectivity index (χ0) is 43.1. The Kier molecular flexibility index (Phi) is 46.5. The van der Waals surface area contributed by atoms with Crippen LogP contribution in [0.5, 0.6) is 0 Å². The van der Waals surface area contributed by atoms with Gasteiger partial charge in [0.05, 0.1) is 39.6 Å². The maximum absolute atomic E-state index is 12.8. The molecule has 0 aliphatic rings. The van der Waals surface area contributed by atoms with Crippen LogP contribution >= 0.6 is 0 Å². The second-order valence-electron chi connectivity index (χ2n) is 17.1. The summed E-state index contributed by atoms with van der Waals surface area (Å²) >= 11 is 0. The van der Waals surface area contributed by atoms with E-state index >= 15 is 0 Å². The molecule has 0 fully saturated rings. The van der Waals surface area contributed by atoms with Crippen LogP contribution in [0.25, 0.3) is 0 Å². The molecule has 59 heavy (non-hydrogen) atoms.